The molecule has 1 aliphatic rings. The molecule has 25 heavy (non-hydrogen) atoms. The summed E-state index contributed by atoms with van der Waals surface area (Å²) in [5.41, 5.74) is 0.642. The number of anilines is 1. The summed E-state index contributed by atoms with van der Waals surface area (Å²) < 4.78 is 0. The van der Waals surface area contributed by atoms with Crippen LogP contribution in [0.1, 0.15) is 25.7 Å². The summed E-state index contributed by atoms with van der Waals surface area (Å²) in [4.78, 5) is 26.6. The van der Waals surface area contributed by atoms with E-state index < -0.39 is 0 Å². The van der Waals surface area contributed by atoms with E-state index in [2.05, 4.69) is 10.6 Å². The van der Waals surface area contributed by atoms with Crippen LogP contribution in [0.4, 0.5) is 5.69 Å². The van der Waals surface area contributed by atoms with Gasteiger partial charge in [0.25, 0.3) is 0 Å². The number of carbonyl (C=O) groups is 2. The van der Waals surface area contributed by atoms with Gasteiger partial charge in [0.05, 0.1) is 10.0 Å². The Morgan fingerprint density at radius 3 is 2.20 bits per heavy atom. The van der Waals surface area contributed by atoms with Crippen LogP contribution in [-0.4, -0.2) is 43.9 Å². The van der Waals surface area contributed by atoms with Gasteiger partial charge in [0.2, 0.25) is 11.8 Å². The predicted octanol–water partition coefficient (Wildman–Crippen LogP) is 3.42. The Kier molecular flexibility index (Phi) is 7.54. The molecule has 2 N–H and O–H groups in total. The van der Waals surface area contributed by atoms with Crippen LogP contribution < -0.4 is 10.6 Å². The molecule has 2 amide bonds. The van der Waals surface area contributed by atoms with E-state index >= 15 is 0 Å². The quantitative estimate of drug-likeness (QED) is 0.788. The van der Waals surface area contributed by atoms with Crippen LogP contribution in [0.2, 0.25) is 10.0 Å². The van der Waals surface area contributed by atoms with Gasteiger partial charge in [-0.15, -0.1) is 0 Å². The second-order valence-electron chi connectivity index (χ2n) is 6.76. The van der Waals surface area contributed by atoms with Gasteiger partial charge < -0.3 is 15.5 Å². The van der Waals surface area contributed by atoms with Crippen molar-refractivity contribution < 1.29 is 9.59 Å². The molecule has 1 saturated carbocycles. The van der Waals surface area contributed by atoms with Crippen molar-refractivity contribution >= 4 is 40.7 Å². The highest BCUT2D eigenvalue weighted by Gasteiger charge is 2.29. The Bertz CT molecular complexity index is 614. The van der Waals surface area contributed by atoms with Crippen molar-refractivity contribution in [2.24, 2.45) is 11.8 Å². The highest BCUT2D eigenvalue weighted by molar-refractivity contribution is 6.42. The van der Waals surface area contributed by atoms with Crippen LogP contribution in [-0.2, 0) is 9.59 Å². The molecule has 0 radical (unpaired) electrons. The minimum Gasteiger partial charge on any atom is -0.355 e. The van der Waals surface area contributed by atoms with Crippen LogP contribution in [0.15, 0.2) is 18.2 Å². The van der Waals surface area contributed by atoms with Crippen LogP contribution in [0.3, 0.4) is 0 Å². The van der Waals surface area contributed by atoms with Gasteiger partial charge >= 0.3 is 0 Å². The molecule has 0 bridgehead atoms. The first-order valence-corrected chi connectivity index (χ1v) is 9.30. The van der Waals surface area contributed by atoms with E-state index in [-0.39, 0.29) is 23.7 Å². The number of hydrogen-bond acceptors (Lipinski definition) is 3. The van der Waals surface area contributed by atoms with Crippen molar-refractivity contribution in [3.63, 3.8) is 0 Å². The third-order valence-electron chi connectivity index (χ3n) is 4.51. The fraction of sp³-hybridized carbons (Fsp3) is 0.556. The number of likely N-dealkylation sites (N-methyl/N-ethyl adjacent to an activating group) is 1. The zero-order chi connectivity index (χ0) is 18.4. The number of nitrogens with zero attached hydrogens (tertiary/aromatic N) is 1. The standard InChI is InChI=1S/C18H25Cl2N3O2/c1-23(2)10-9-21-17(24)12-3-5-13(6-4-12)18(25)22-14-7-8-15(19)16(20)11-14/h7-8,11-13H,3-6,9-10H2,1-2H3,(H,21,24)(H,22,25). The van der Waals surface area contributed by atoms with Gasteiger partial charge in [-0.25, -0.2) is 0 Å². The second-order valence-corrected chi connectivity index (χ2v) is 7.58. The smallest absolute Gasteiger partial charge is 0.227 e. The fourth-order valence-corrected chi connectivity index (χ4v) is 3.28. The Labute approximate surface area is 159 Å². The molecule has 2 rings (SSSR count). The second kappa shape index (κ2) is 9.41. The largest absolute Gasteiger partial charge is 0.355 e. The van der Waals surface area contributed by atoms with E-state index in [9.17, 15) is 9.59 Å². The molecule has 0 spiro atoms. The molecule has 138 valence electrons. The van der Waals surface area contributed by atoms with E-state index in [0.29, 0.717) is 22.3 Å². The van der Waals surface area contributed by atoms with Gasteiger partial charge in [0.1, 0.15) is 0 Å². The molecule has 0 heterocycles. The predicted molar refractivity (Wildman–Crippen MR) is 102 cm³/mol. The zero-order valence-electron chi connectivity index (χ0n) is 14.6. The van der Waals surface area contributed by atoms with E-state index in [0.717, 1.165) is 32.2 Å². The first kappa shape index (κ1) is 20.0. The number of carbonyl (C=O) groups excluding carboxylic acids is 2. The maximum Gasteiger partial charge on any atom is 0.227 e. The molecule has 7 heteroatoms. The summed E-state index contributed by atoms with van der Waals surface area (Å²) in [6.45, 7) is 1.48. The fourth-order valence-electron chi connectivity index (χ4n) is 2.98. The summed E-state index contributed by atoms with van der Waals surface area (Å²) in [5.74, 6) is 0.0199. The molecular weight excluding hydrogens is 361 g/mol. The van der Waals surface area contributed by atoms with Crippen molar-refractivity contribution in [2.75, 3.05) is 32.5 Å². The van der Waals surface area contributed by atoms with E-state index in [1.807, 2.05) is 19.0 Å². The Morgan fingerprint density at radius 2 is 1.64 bits per heavy atom. The zero-order valence-corrected chi connectivity index (χ0v) is 16.2. The lowest BCUT2D eigenvalue weighted by Crippen LogP contribution is -2.38. The van der Waals surface area contributed by atoms with Crippen molar-refractivity contribution in [3.8, 4) is 0 Å². The number of benzene rings is 1. The van der Waals surface area contributed by atoms with Crippen molar-refractivity contribution in [2.45, 2.75) is 25.7 Å². The highest BCUT2D eigenvalue weighted by Crippen LogP contribution is 2.31. The van der Waals surface area contributed by atoms with Crippen LogP contribution in [0.5, 0.6) is 0 Å². The van der Waals surface area contributed by atoms with Crippen molar-refractivity contribution in [1.82, 2.24) is 10.2 Å². The van der Waals surface area contributed by atoms with E-state index in [1.54, 1.807) is 18.2 Å². The minimum atomic E-state index is -0.0692. The lowest BCUT2D eigenvalue weighted by molar-refractivity contribution is -0.128. The minimum absolute atomic E-state index is 0.0104. The molecule has 0 aromatic heterocycles. The number of amides is 2. The van der Waals surface area contributed by atoms with Crippen LogP contribution in [0.25, 0.3) is 0 Å². The molecular formula is C18H25Cl2N3O2. The summed E-state index contributed by atoms with van der Waals surface area (Å²) >= 11 is 11.8. The van der Waals surface area contributed by atoms with Crippen molar-refractivity contribution in [1.29, 1.82) is 0 Å². The summed E-state index contributed by atoms with van der Waals surface area (Å²) in [6, 6.07) is 5.04. The molecule has 5 nitrogen and oxygen atoms in total. The van der Waals surface area contributed by atoms with Gasteiger partial charge in [0, 0.05) is 30.6 Å². The van der Waals surface area contributed by atoms with Gasteiger partial charge in [-0.05, 0) is 58.0 Å². The highest BCUT2D eigenvalue weighted by atomic mass is 35.5. The molecule has 0 atom stereocenters. The Hall–Kier alpha value is -1.30. The molecule has 1 aromatic carbocycles. The molecule has 0 aliphatic heterocycles. The van der Waals surface area contributed by atoms with Gasteiger partial charge in [-0.1, -0.05) is 23.2 Å². The van der Waals surface area contributed by atoms with E-state index in [4.69, 9.17) is 23.2 Å². The third kappa shape index (κ3) is 6.17. The van der Waals surface area contributed by atoms with Gasteiger partial charge in [-0.3, -0.25) is 9.59 Å². The summed E-state index contributed by atoms with van der Waals surface area (Å²) in [7, 11) is 3.95. The first-order chi connectivity index (χ1) is 11.9. The lowest BCUT2D eigenvalue weighted by atomic mass is 9.81. The molecule has 1 aliphatic carbocycles. The molecule has 1 fully saturated rings. The number of halogens is 2. The van der Waals surface area contributed by atoms with Gasteiger partial charge in [-0.2, -0.15) is 0 Å². The Balaban J connectivity index is 1.78. The first-order valence-electron chi connectivity index (χ1n) is 8.55. The van der Waals surface area contributed by atoms with Crippen LogP contribution >= 0.6 is 23.2 Å². The van der Waals surface area contributed by atoms with Crippen LogP contribution in [0, 0.1) is 11.8 Å². The lowest BCUT2D eigenvalue weighted by Gasteiger charge is -2.27. The molecule has 0 unspecified atom stereocenters. The monoisotopic (exact) mass is 385 g/mol. The third-order valence-corrected chi connectivity index (χ3v) is 5.25. The normalized spacial score (nSPS) is 20.4. The summed E-state index contributed by atoms with van der Waals surface area (Å²) in [5, 5.41) is 6.73. The number of nitrogens with one attached hydrogen (secondary N) is 2. The molecule has 1 aromatic rings. The van der Waals surface area contributed by atoms with Gasteiger partial charge in [0.15, 0.2) is 0 Å². The number of rotatable bonds is 6. The van der Waals surface area contributed by atoms with Crippen molar-refractivity contribution in [3.05, 3.63) is 28.2 Å². The number of hydrogen-bond donors (Lipinski definition) is 2. The topological polar surface area (TPSA) is 61.4 Å². The SMILES string of the molecule is CN(C)CCNC(=O)C1CCC(C(=O)Nc2ccc(Cl)c(Cl)c2)CC1. The average molecular weight is 386 g/mol. The van der Waals surface area contributed by atoms with E-state index in [1.165, 1.54) is 0 Å². The average Bonchev–Trinajstić information content (AvgIpc) is 2.58. The molecule has 0 saturated heterocycles. The summed E-state index contributed by atoms with van der Waals surface area (Å²) in [6.07, 6.45) is 2.93. The maximum atomic E-state index is 12.4. The maximum absolute atomic E-state index is 12.4. The Morgan fingerprint density at radius 1 is 1.04 bits per heavy atom.